The summed E-state index contributed by atoms with van der Waals surface area (Å²) in [5.41, 5.74) is 3.73. The van der Waals surface area contributed by atoms with Crippen molar-refractivity contribution in [3.05, 3.63) is 59.4 Å². The summed E-state index contributed by atoms with van der Waals surface area (Å²) in [4.78, 5) is 27.7. The van der Waals surface area contributed by atoms with Crippen molar-refractivity contribution in [1.82, 2.24) is 9.38 Å². The van der Waals surface area contributed by atoms with Crippen LogP contribution in [0.2, 0.25) is 0 Å². The number of benzene rings is 1. The fourth-order valence-corrected chi connectivity index (χ4v) is 2.38. The molecule has 0 bridgehead atoms. The number of carbonyl (C=O) groups is 2. The highest BCUT2D eigenvalue weighted by Crippen LogP contribution is 2.25. The van der Waals surface area contributed by atoms with E-state index < -0.39 is 11.8 Å². The predicted octanol–water partition coefficient (Wildman–Crippen LogP) is 2.89. The molecule has 0 aliphatic carbocycles. The fourth-order valence-electron chi connectivity index (χ4n) is 2.38. The van der Waals surface area contributed by atoms with Crippen molar-refractivity contribution in [3.8, 4) is 11.3 Å². The normalized spacial score (nSPS) is 10.8. The van der Waals surface area contributed by atoms with E-state index in [2.05, 4.69) is 4.98 Å². The van der Waals surface area contributed by atoms with Gasteiger partial charge in [-0.25, -0.2) is 9.78 Å². The molecule has 0 spiro atoms. The van der Waals surface area contributed by atoms with Gasteiger partial charge in [0.2, 0.25) is 0 Å². The van der Waals surface area contributed by atoms with Gasteiger partial charge in [-0.2, -0.15) is 0 Å². The highest BCUT2D eigenvalue weighted by atomic mass is 16.4. The fraction of sp³-hybridized carbons (Fsp3) is 0.118. The van der Waals surface area contributed by atoms with Crippen molar-refractivity contribution in [2.75, 3.05) is 0 Å². The van der Waals surface area contributed by atoms with E-state index in [9.17, 15) is 9.59 Å². The molecule has 0 radical (unpaired) electrons. The van der Waals surface area contributed by atoms with Crippen LogP contribution in [-0.2, 0) is 4.79 Å². The Kier molecular flexibility index (Phi) is 3.25. The highest BCUT2D eigenvalue weighted by molar-refractivity contribution is 6.40. The van der Waals surface area contributed by atoms with Crippen LogP contribution in [0.5, 0.6) is 0 Å². The monoisotopic (exact) mass is 294 g/mol. The highest BCUT2D eigenvalue weighted by Gasteiger charge is 2.25. The lowest BCUT2D eigenvalue weighted by atomic mass is 10.1. The molecule has 0 atom stereocenters. The minimum atomic E-state index is -1.49. The number of aromatic nitrogens is 2. The molecule has 1 N–H and O–H groups in total. The van der Waals surface area contributed by atoms with Crippen molar-refractivity contribution in [1.29, 1.82) is 0 Å². The number of Topliss-reactive ketones (excluding diaryl/α,β-unsaturated/α-hetero) is 1. The molecule has 0 saturated heterocycles. The summed E-state index contributed by atoms with van der Waals surface area (Å²) in [6.45, 7) is 3.83. The van der Waals surface area contributed by atoms with E-state index in [1.807, 2.05) is 44.2 Å². The lowest BCUT2D eigenvalue weighted by Crippen LogP contribution is -2.16. The second-order valence-corrected chi connectivity index (χ2v) is 5.24. The maximum absolute atomic E-state index is 12.1. The van der Waals surface area contributed by atoms with Crippen LogP contribution < -0.4 is 0 Å². The Hall–Kier alpha value is -2.95. The van der Waals surface area contributed by atoms with Gasteiger partial charge in [0, 0.05) is 11.8 Å². The van der Waals surface area contributed by atoms with Crippen LogP contribution in [0.15, 0.2) is 42.6 Å². The van der Waals surface area contributed by atoms with Crippen molar-refractivity contribution >= 4 is 17.4 Å². The molecular formula is C17H14N2O3. The van der Waals surface area contributed by atoms with Gasteiger partial charge in [-0.1, -0.05) is 35.9 Å². The lowest BCUT2D eigenvalue weighted by Gasteiger charge is -2.03. The third kappa shape index (κ3) is 2.26. The number of nitrogens with zero attached hydrogens (tertiary/aromatic N) is 2. The number of carboxylic acid groups (broad SMARTS) is 1. The molecule has 2 aromatic heterocycles. The van der Waals surface area contributed by atoms with E-state index in [-0.39, 0.29) is 5.69 Å². The number of rotatable bonds is 3. The maximum atomic E-state index is 12.1. The summed E-state index contributed by atoms with van der Waals surface area (Å²) in [5, 5.41) is 9.11. The molecule has 3 rings (SSSR count). The molecule has 2 heterocycles. The molecule has 5 heteroatoms. The van der Waals surface area contributed by atoms with E-state index in [1.54, 1.807) is 16.7 Å². The number of carbonyl (C=O) groups excluding carboxylic acids is 1. The summed E-state index contributed by atoms with van der Waals surface area (Å²) in [5.74, 6) is -2.45. The first-order chi connectivity index (χ1) is 10.5. The number of carboxylic acids is 1. The van der Waals surface area contributed by atoms with Gasteiger partial charge in [0.25, 0.3) is 5.78 Å². The van der Waals surface area contributed by atoms with Gasteiger partial charge in [-0.15, -0.1) is 0 Å². The van der Waals surface area contributed by atoms with Crippen LogP contribution in [0.25, 0.3) is 16.9 Å². The zero-order valence-electron chi connectivity index (χ0n) is 12.2. The summed E-state index contributed by atoms with van der Waals surface area (Å²) in [7, 11) is 0. The van der Waals surface area contributed by atoms with Crippen molar-refractivity contribution in [3.63, 3.8) is 0 Å². The van der Waals surface area contributed by atoms with Crippen LogP contribution >= 0.6 is 0 Å². The average Bonchev–Trinajstić information content (AvgIpc) is 2.85. The Morgan fingerprint density at radius 2 is 1.64 bits per heavy atom. The first kappa shape index (κ1) is 14.0. The first-order valence-electron chi connectivity index (χ1n) is 6.81. The van der Waals surface area contributed by atoms with E-state index in [4.69, 9.17) is 5.11 Å². The Bertz CT molecular complexity index is 892. The molecule has 0 saturated carbocycles. The van der Waals surface area contributed by atoms with Gasteiger partial charge in [-0.3, -0.25) is 9.20 Å². The molecular weight excluding hydrogens is 280 g/mol. The van der Waals surface area contributed by atoms with Gasteiger partial charge in [0.05, 0.1) is 0 Å². The van der Waals surface area contributed by atoms with Crippen molar-refractivity contribution < 1.29 is 14.7 Å². The van der Waals surface area contributed by atoms with Gasteiger partial charge in [0.15, 0.2) is 0 Å². The minimum Gasteiger partial charge on any atom is -0.475 e. The molecule has 1 aromatic carbocycles. The predicted molar refractivity (Wildman–Crippen MR) is 82.1 cm³/mol. The standard InChI is InChI=1S/C17H14N2O3/c1-10-3-6-12(7-4-10)14-15(16(20)17(21)22)19-9-11(2)5-8-13(19)18-14/h3-9H,1-2H3,(H,21,22). The summed E-state index contributed by atoms with van der Waals surface area (Å²) in [6.07, 6.45) is 1.72. The third-order valence-electron chi connectivity index (χ3n) is 3.50. The van der Waals surface area contributed by atoms with Crippen LogP contribution in [-0.4, -0.2) is 26.2 Å². The quantitative estimate of drug-likeness (QED) is 0.595. The van der Waals surface area contributed by atoms with Crippen LogP contribution in [0.4, 0.5) is 0 Å². The third-order valence-corrected chi connectivity index (χ3v) is 3.50. The summed E-state index contributed by atoms with van der Waals surface area (Å²) in [6, 6.07) is 11.1. The summed E-state index contributed by atoms with van der Waals surface area (Å²) >= 11 is 0. The van der Waals surface area contributed by atoms with Crippen LogP contribution in [0, 0.1) is 13.8 Å². The Morgan fingerprint density at radius 3 is 2.27 bits per heavy atom. The molecule has 22 heavy (non-hydrogen) atoms. The molecule has 3 aromatic rings. The molecule has 0 amide bonds. The molecule has 0 aliphatic rings. The first-order valence-corrected chi connectivity index (χ1v) is 6.81. The Morgan fingerprint density at radius 1 is 1.00 bits per heavy atom. The van der Waals surface area contributed by atoms with E-state index in [0.717, 1.165) is 16.7 Å². The SMILES string of the molecule is Cc1ccc(-c2nc3ccc(C)cn3c2C(=O)C(=O)O)cc1. The van der Waals surface area contributed by atoms with Gasteiger partial charge >= 0.3 is 5.97 Å². The lowest BCUT2D eigenvalue weighted by molar-refractivity contribution is -0.131. The number of pyridine rings is 1. The van der Waals surface area contributed by atoms with Crippen LogP contribution in [0.1, 0.15) is 21.6 Å². The number of hydrogen-bond donors (Lipinski definition) is 1. The zero-order valence-corrected chi connectivity index (χ0v) is 12.2. The van der Waals surface area contributed by atoms with Crippen molar-refractivity contribution in [2.24, 2.45) is 0 Å². The van der Waals surface area contributed by atoms with Crippen molar-refractivity contribution in [2.45, 2.75) is 13.8 Å². The van der Waals surface area contributed by atoms with Crippen LogP contribution in [0.3, 0.4) is 0 Å². The second-order valence-electron chi connectivity index (χ2n) is 5.24. The Balaban J connectivity index is 2.33. The van der Waals surface area contributed by atoms with E-state index >= 15 is 0 Å². The zero-order chi connectivity index (χ0) is 15.9. The van der Waals surface area contributed by atoms with E-state index in [0.29, 0.717) is 11.3 Å². The molecule has 110 valence electrons. The molecule has 0 unspecified atom stereocenters. The largest absolute Gasteiger partial charge is 0.475 e. The van der Waals surface area contributed by atoms with Gasteiger partial charge in [-0.05, 0) is 25.5 Å². The molecule has 0 fully saturated rings. The van der Waals surface area contributed by atoms with Gasteiger partial charge in [0.1, 0.15) is 17.0 Å². The minimum absolute atomic E-state index is 0.0788. The second kappa shape index (κ2) is 5.11. The topological polar surface area (TPSA) is 71.7 Å². The number of hydrogen-bond acceptors (Lipinski definition) is 3. The average molecular weight is 294 g/mol. The summed E-state index contributed by atoms with van der Waals surface area (Å²) < 4.78 is 1.54. The Labute approximate surface area is 126 Å². The van der Waals surface area contributed by atoms with Gasteiger partial charge < -0.3 is 5.11 Å². The number of imidazole rings is 1. The smallest absolute Gasteiger partial charge is 0.378 e. The molecule has 5 nitrogen and oxygen atoms in total. The number of ketones is 1. The maximum Gasteiger partial charge on any atom is 0.378 e. The molecule has 0 aliphatic heterocycles. The number of fused-ring (bicyclic) bond motifs is 1. The number of aryl methyl sites for hydroxylation is 2. The van der Waals surface area contributed by atoms with E-state index in [1.165, 1.54) is 0 Å². The number of aliphatic carboxylic acids is 1.